The first kappa shape index (κ1) is 21.5. The summed E-state index contributed by atoms with van der Waals surface area (Å²) < 4.78 is 13.5. The molecule has 1 aliphatic rings. The predicted molar refractivity (Wildman–Crippen MR) is 145 cm³/mol. The van der Waals surface area contributed by atoms with E-state index in [1.165, 1.54) is 25.0 Å². The van der Waals surface area contributed by atoms with E-state index in [2.05, 4.69) is 61.3 Å². The highest BCUT2D eigenvalue weighted by Gasteiger charge is 2.24. The van der Waals surface area contributed by atoms with E-state index in [0.717, 1.165) is 67.0 Å². The summed E-state index contributed by atoms with van der Waals surface area (Å²) in [5.41, 5.74) is 9.32. The molecule has 0 atom stereocenters. The monoisotopic (exact) mass is 486 g/mol. The quantitative estimate of drug-likeness (QED) is 0.231. The minimum atomic E-state index is -0.257. The Morgan fingerprint density at radius 1 is 0.919 bits per heavy atom. The topological polar surface area (TPSA) is 82.3 Å². The van der Waals surface area contributed by atoms with Crippen molar-refractivity contribution in [3.63, 3.8) is 0 Å². The molecule has 6 aromatic rings. The lowest BCUT2D eigenvalue weighted by atomic mass is 10.0. The number of benzene rings is 2. The maximum absolute atomic E-state index is 13.5. The third-order valence-electron chi connectivity index (χ3n) is 6.95. The third kappa shape index (κ3) is 3.94. The number of fused-ring (bicyclic) bond motifs is 2. The molecule has 7 heteroatoms. The van der Waals surface area contributed by atoms with Gasteiger partial charge in [0.05, 0.1) is 23.1 Å². The van der Waals surface area contributed by atoms with Crippen LogP contribution in [0.3, 0.4) is 0 Å². The number of nitrogens with zero attached hydrogens (tertiary/aromatic N) is 3. The van der Waals surface area contributed by atoms with Crippen LogP contribution in [0.5, 0.6) is 0 Å². The van der Waals surface area contributed by atoms with Gasteiger partial charge in [-0.15, -0.1) is 0 Å². The molecule has 6 nitrogen and oxygen atoms in total. The zero-order valence-corrected chi connectivity index (χ0v) is 19.9. The van der Waals surface area contributed by atoms with Gasteiger partial charge < -0.3 is 10.3 Å². The largest absolute Gasteiger partial charge is 0.358 e. The third-order valence-corrected chi connectivity index (χ3v) is 6.95. The second kappa shape index (κ2) is 8.41. The van der Waals surface area contributed by atoms with Gasteiger partial charge in [0, 0.05) is 34.4 Å². The molecule has 1 aliphatic carbocycles. The van der Waals surface area contributed by atoms with Gasteiger partial charge in [0.15, 0.2) is 0 Å². The Morgan fingerprint density at radius 3 is 2.59 bits per heavy atom. The standard InChI is InChI=1S/C30H23FN6/c1-17(18-2-3-18)34-23-12-21(15-32-16-23)20-6-9-27-26(13-20)29(37-36-27)28-14-25-24(10-11-33-30(25)35-28)19-4-7-22(31)8-5-19/h4-16,18,34H,1-3H2,(H,33,35)(H,36,37). The Balaban J connectivity index is 1.28. The van der Waals surface area contributed by atoms with E-state index >= 15 is 0 Å². The first-order chi connectivity index (χ1) is 18.1. The summed E-state index contributed by atoms with van der Waals surface area (Å²) in [6.07, 6.45) is 7.86. The van der Waals surface area contributed by atoms with Gasteiger partial charge in [-0.05, 0) is 77.9 Å². The maximum Gasteiger partial charge on any atom is 0.138 e. The molecule has 4 aromatic heterocycles. The minimum Gasteiger partial charge on any atom is -0.358 e. The van der Waals surface area contributed by atoms with E-state index in [1.54, 1.807) is 18.3 Å². The number of hydrogen-bond donors (Lipinski definition) is 3. The summed E-state index contributed by atoms with van der Waals surface area (Å²) in [6, 6.07) is 18.8. The summed E-state index contributed by atoms with van der Waals surface area (Å²) in [5, 5.41) is 13.1. The predicted octanol–water partition coefficient (Wildman–Crippen LogP) is 7.31. The summed E-state index contributed by atoms with van der Waals surface area (Å²) in [4.78, 5) is 12.4. The molecule has 1 saturated carbocycles. The average molecular weight is 487 g/mol. The van der Waals surface area contributed by atoms with Crippen molar-refractivity contribution in [3.8, 4) is 33.6 Å². The summed E-state index contributed by atoms with van der Waals surface area (Å²) in [6.45, 7) is 4.16. The SMILES string of the molecule is C=C(Nc1cncc(-c2ccc3[nH]nc(-c4cc5c(-c6ccc(F)cc6)ccnc5[nH]4)c3c2)c1)C1CC1. The highest BCUT2D eigenvalue weighted by atomic mass is 19.1. The molecule has 4 heterocycles. The van der Waals surface area contributed by atoms with Gasteiger partial charge in [-0.1, -0.05) is 24.8 Å². The van der Waals surface area contributed by atoms with Crippen LogP contribution in [0, 0.1) is 11.7 Å². The lowest BCUT2D eigenvalue weighted by molar-refractivity contribution is 0.628. The Hall–Kier alpha value is -4.78. The average Bonchev–Trinajstić information content (AvgIpc) is 3.55. The molecule has 0 unspecified atom stereocenters. The number of aromatic amines is 2. The van der Waals surface area contributed by atoms with Crippen LogP contribution in [0.2, 0.25) is 0 Å². The van der Waals surface area contributed by atoms with Crippen LogP contribution >= 0.6 is 0 Å². The van der Waals surface area contributed by atoms with Crippen molar-refractivity contribution in [3.05, 3.63) is 97.3 Å². The van der Waals surface area contributed by atoms with Crippen molar-refractivity contribution in [2.75, 3.05) is 5.32 Å². The molecule has 0 amide bonds. The molecular formula is C30H23FN6. The Morgan fingerprint density at radius 2 is 1.76 bits per heavy atom. The second-order valence-electron chi connectivity index (χ2n) is 9.53. The highest BCUT2D eigenvalue weighted by Crippen LogP contribution is 2.37. The van der Waals surface area contributed by atoms with E-state index in [0.29, 0.717) is 5.92 Å². The molecule has 0 saturated heterocycles. The molecule has 180 valence electrons. The maximum atomic E-state index is 13.5. The fourth-order valence-corrected chi connectivity index (χ4v) is 4.82. The normalized spacial score (nSPS) is 13.3. The smallest absolute Gasteiger partial charge is 0.138 e. The van der Waals surface area contributed by atoms with Crippen molar-refractivity contribution in [1.29, 1.82) is 0 Å². The van der Waals surface area contributed by atoms with Crippen LogP contribution in [-0.4, -0.2) is 25.1 Å². The number of allylic oxidation sites excluding steroid dienone is 1. The van der Waals surface area contributed by atoms with E-state index in [1.807, 2.05) is 24.5 Å². The van der Waals surface area contributed by atoms with E-state index in [9.17, 15) is 4.39 Å². The molecule has 2 aromatic carbocycles. The second-order valence-corrected chi connectivity index (χ2v) is 9.53. The van der Waals surface area contributed by atoms with Gasteiger partial charge in [-0.3, -0.25) is 10.1 Å². The Labute approximate surface area is 212 Å². The van der Waals surface area contributed by atoms with Gasteiger partial charge in [0.2, 0.25) is 0 Å². The zero-order valence-electron chi connectivity index (χ0n) is 19.9. The summed E-state index contributed by atoms with van der Waals surface area (Å²) in [7, 11) is 0. The number of nitrogens with one attached hydrogen (secondary N) is 3. The number of pyridine rings is 2. The number of rotatable bonds is 6. The fraction of sp³-hybridized carbons (Fsp3) is 0.100. The van der Waals surface area contributed by atoms with Crippen LogP contribution < -0.4 is 5.32 Å². The number of aromatic nitrogens is 5. The van der Waals surface area contributed by atoms with Crippen molar-refractivity contribution < 1.29 is 4.39 Å². The van der Waals surface area contributed by atoms with Gasteiger partial charge in [0.1, 0.15) is 17.2 Å². The van der Waals surface area contributed by atoms with Crippen molar-refractivity contribution in [2.24, 2.45) is 5.92 Å². The number of H-pyrrole nitrogens is 2. The van der Waals surface area contributed by atoms with Crippen LogP contribution in [0.1, 0.15) is 12.8 Å². The van der Waals surface area contributed by atoms with Crippen LogP contribution in [-0.2, 0) is 0 Å². The van der Waals surface area contributed by atoms with Gasteiger partial charge >= 0.3 is 0 Å². The van der Waals surface area contributed by atoms with E-state index in [-0.39, 0.29) is 5.82 Å². The molecule has 7 rings (SSSR count). The number of anilines is 1. The minimum absolute atomic E-state index is 0.257. The number of hydrogen-bond acceptors (Lipinski definition) is 4. The molecule has 3 N–H and O–H groups in total. The summed E-state index contributed by atoms with van der Waals surface area (Å²) >= 11 is 0. The summed E-state index contributed by atoms with van der Waals surface area (Å²) in [5.74, 6) is 0.315. The molecule has 1 fully saturated rings. The van der Waals surface area contributed by atoms with Crippen molar-refractivity contribution in [1.82, 2.24) is 25.1 Å². The first-order valence-corrected chi connectivity index (χ1v) is 12.3. The van der Waals surface area contributed by atoms with Crippen LogP contribution in [0.15, 0.2) is 91.5 Å². The van der Waals surface area contributed by atoms with E-state index in [4.69, 9.17) is 0 Å². The van der Waals surface area contributed by atoms with Crippen molar-refractivity contribution in [2.45, 2.75) is 12.8 Å². The Kier molecular flexibility index (Phi) is 4.89. The van der Waals surface area contributed by atoms with Crippen LogP contribution in [0.4, 0.5) is 10.1 Å². The molecule has 0 radical (unpaired) electrons. The van der Waals surface area contributed by atoms with Gasteiger partial charge in [0.25, 0.3) is 0 Å². The number of halogens is 1. The van der Waals surface area contributed by atoms with Gasteiger partial charge in [-0.25, -0.2) is 9.37 Å². The molecular weight excluding hydrogens is 463 g/mol. The lowest BCUT2D eigenvalue weighted by Crippen LogP contribution is -2.00. The first-order valence-electron chi connectivity index (χ1n) is 12.3. The molecule has 0 bridgehead atoms. The Bertz CT molecular complexity index is 1790. The van der Waals surface area contributed by atoms with Crippen LogP contribution in [0.25, 0.3) is 55.6 Å². The van der Waals surface area contributed by atoms with Crippen molar-refractivity contribution >= 4 is 27.6 Å². The molecule has 0 spiro atoms. The van der Waals surface area contributed by atoms with E-state index < -0.39 is 0 Å². The van der Waals surface area contributed by atoms with Gasteiger partial charge in [-0.2, -0.15) is 5.10 Å². The molecule has 37 heavy (non-hydrogen) atoms. The molecule has 0 aliphatic heterocycles. The fourth-order valence-electron chi connectivity index (χ4n) is 4.82. The zero-order chi connectivity index (χ0) is 24.9. The highest BCUT2D eigenvalue weighted by molar-refractivity contribution is 6.00. The lowest BCUT2D eigenvalue weighted by Gasteiger charge is -2.10.